The lowest BCUT2D eigenvalue weighted by Crippen LogP contribution is -3.13. The maximum Gasteiger partial charge on any atom is 0.321 e. The van der Waals surface area contributed by atoms with E-state index in [1.165, 1.54) is 16.6 Å². The molecule has 0 amide bonds. The number of sulfonamides is 1. The molecule has 0 spiro atoms. The van der Waals surface area contributed by atoms with E-state index in [1.807, 2.05) is 25.1 Å². The third-order valence-corrected chi connectivity index (χ3v) is 8.11. The molecular formula is C26H25FN7O3S+. The highest BCUT2D eigenvalue weighted by Crippen LogP contribution is 2.37. The minimum absolute atomic E-state index is 0.235. The van der Waals surface area contributed by atoms with E-state index in [2.05, 4.69) is 25.0 Å². The van der Waals surface area contributed by atoms with E-state index in [0.29, 0.717) is 48.7 Å². The smallest absolute Gasteiger partial charge is 0.321 e. The minimum atomic E-state index is -3.24. The van der Waals surface area contributed by atoms with Gasteiger partial charge in [0.2, 0.25) is 16.4 Å². The number of nitrogens with one attached hydrogen (secondary N) is 1. The zero-order chi connectivity index (χ0) is 26.4. The number of benzene rings is 2. The van der Waals surface area contributed by atoms with Gasteiger partial charge in [0, 0.05) is 37.1 Å². The fraction of sp³-hybridized carbons (Fsp3) is 0.231. The molecule has 1 unspecified atom stereocenters. The van der Waals surface area contributed by atoms with Crippen molar-refractivity contribution in [1.29, 1.82) is 0 Å². The van der Waals surface area contributed by atoms with E-state index in [1.54, 1.807) is 37.1 Å². The molecule has 2 aliphatic heterocycles. The van der Waals surface area contributed by atoms with Gasteiger partial charge in [0.15, 0.2) is 11.4 Å². The first-order valence-electron chi connectivity index (χ1n) is 12.1. The van der Waals surface area contributed by atoms with Crippen molar-refractivity contribution in [1.82, 2.24) is 24.3 Å². The van der Waals surface area contributed by atoms with Crippen molar-refractivity contribution in [3.8, 4) is 22.9 Å². The van der Waals surface area contributed by atoms with Gasteiger partial charge in [-0.25, -0.2) is 22.8 Å². The molecule has 38 heavy (non-hydrogen) atoms. The van der Waals surface area contributed by atoms with Gasteiger partial charge in [0.05, 0.1) is 36.4 Å². The number of fused-ring (bicyclic) bond motifs is 3. The van der Waals surface area contributed by atoms with Gasteiger partial charge in [0.1, 0.15) is 11.6 Å². The first kappa shape index (κ1) is 24.5. The first-order valence-corrected chi connectivity index (χ1v) is 13.9. The number of quaternary nitrogens is 1. The van der Waals surface area contributed by atoms with Crippen LogP contribution in [0.5, 0.6) is 11.8 Å². The number of ether oxygens (including phenoxy) is 1. The summed E-state index contributed by atoms with van der Waals surface area (Å²) in [5.41, 5.74) is 4.12. The lowest BCUT2D eigenvalue weighted by molar-refractivity contribution is -0.865. The Labute approximate surface area is 219 Å². The second-order valence-electron chi connectivity index (χ2n) is 9.27. The molecule has 4 aromatic rings. The third kappa shape index (κ3) is 4.52. The summed E-state index contributed by atoms with van der Waals surface area (Å²) in [4.78, 5) is 17.1. The van der Waals surface area contributed by atoms with Gasteiger partial charge >= 0.3 is 6.01 Å². The van der Waals surface area contributed by atoms with Gasteiger partial charge in [-0.05, 0) is 42.3 Å². The molecule has 1 saturated heterocycles. The zero-order valence-corrected chi connectivity index (χ0v) is 21.6. The lowest BCUT2D eigenvalue weighted by atomic mass is 9.97. The molecule has 0 saturated carbocycles. The summed E-state index contributed by atoms with van der Waals surface area (Å²) >= 11 is 0. The van der Waals surface area contributed by atoms with Crippen LogP contribution in [0, 0.1) is 12.7 Å². The van der Waals surface area contributed by atoms with Gasteiger partial charge < -0.3 is 4.74 Å². The number of aryl methyl sites for hydroxylation is 1. The minimum Gasteiger partial charge on any atom is -0.424 e. The Bertz CT molecular complexity index is 1670. The second kappa shape index (κ2) is 9.48. The second-order valence-corrected chi connectivity index (χ2v) is 11.3. The molecule has 1 fully saturated rings. The van der Waals surface area contributed by atoms with Crippen LogP contribution in [0.3, 0.4) is 0 Å². The van der Waals surface area contributed by atoms with Crippen molar-refractivity contribution in [2.45, 2.75) is 6.92 Å². The van der Waals surface area contributed by atoms with Crippen LogP contribution in [-0.4, -0.2) is 71.5 Å². The molecule has 1 atom stereocenters. The monoisotopic (exact) mass is 534 g/mol. The molecule has 6 rings (SSSR count). The highest BCUT2D eigenvalue weighted by molar-refractivity contribution is 7.88. The molecule has 4 heterocycles. The molecule has 2 aromatic heterocycles. The first-order chi connectivity index (χ1) is 18.3. The highest BCUT2D eigenvalue weighted by Gasteiger charge is 2.35. The zero-order valence-electron chi connectivity index (χ0n) is 20.8. The summed E-state index contributed by atoms with van der Waals surface area (Å²) in [6.45, 7) is 3.77. The largest absolute Gasteiger partial charge is 0.424 e. The Hall–Kier alpha value is -3.84. The number of aliphatic imine (C=N–C) groups is 1. The summed E-state index contributed by atoms with van der Waals surface area (Å²) in [6.07, 6.45) is 7.86. The van der Waals surface area contributed by atoms with Crippen molar-refractivity contribution in [3.63, 3.8) is 0 Å². The Morgan fingerprint density at radius 3 is 2.47 bits per heavy atom. The average molecular weight is 535 g/mol. The molecule has 0 bridgehead atoms. The lowest BCUT2D eigenvalue weighted by Gasteiger charge is -2.34. The molecule has 1 N–H and O–H groups in total. The Balaban J connectivity index is 1.35. The molecule has 12 heteroatoms. The summed E-state index contributed by atoms with van der Waals surface area (Å²) in [6, 6.07) is 10.6. The van der Waals surface area contributed by atoms with Crippen LogP contribution >= 0.6 is 0 Å². The number of hydrogen-bond acceptors (Lipinski definition) is 8. The number of piperazine rings is 1. The van der Waals surface area contributed by atoms with E-state index in [9.17, 15) is 8.42 Å². The van der Waals surface area contributed by atoms with Crippen molar-refractivity contribution < 1.29 is 22.6 Å². The van der Waals surface area contributed by atoms with Gasteiger partial charge in [0.25, 0.3) is 0 Å². The van der Waals surface area contributed by atoms with Crippen LogP contribution in [-0.2, 0) is 10.0 Å². The number of halogens is 1. The normalized spacial score (nSPS) is 18.1. The van der Waals surface area contributed by atoms with Crippen LogP contribution in [0.25, 0.3) is 22.0 Å². The van der Waals surface area contributed by atoms with Crippen molar-refractivity contribution in [2.24, 2.45) is 4.99 Å². The summed E-state index contributed by atoms with van der Waals surface area (Å²) in [7, 11) is -3.24. The average Bonchev–Trinajstić information content (AvgIpc) is 3.34. The van der Waals surface area contributed by atoms with Crippen molar-refractivity contribution in [2.75, 3.05) is 32.4 Å². The summed E-state index contributed by atoms with van der Waals surface area (Å²) in [5, 5.41) is 3.80. The maximum atomic E-state index is 15.4. The quantitative estimate of drug-likeness (QED) is 0.420. The Kier molecular flexibility index (Phi) is 6.11. The molecule has 2 aromatic carbocycles. The number of rotatable bonds is 5. The fourth-order valence-corrected chi connectivity index (χ4v) is 5.74. The highest BCUT2D eigenvalue weighted by atomic mass is 32.2. The van der Waals surface area contributed by atoms with Gasteiger partial charge in [-0.3, -0.25) is 4.98 Å². The van der Waals surface area contributed by atoms with Crippen LogP contribution in [0.2, 0.25) is 0 Å². The maximum absolute atomic E-state index is 15.4. The summed E-state index contributed by atoms with van der Waals surface area (Å²) < 4.78 is 46.5. The van der Waals surface area contributed by atoms with Crippen molar-refractivity contribution >= 4 is 38.6 Å². The van der Waals surface area contributed by atoms with Crippen LogP contribution in [0.15, 0.2) is 60.0 Å². The van der Waals surface area contributed by atoms with E-state index in [-0.39, 0.29) is 11.8 Å². The van der Waals surface area contributed by atoms with Crippen LogP contribution in [0.4, 0.5) is 15.8 Å². The third-order valence-electron chi connectivity index (χ3n) is 6.81. The predicted octanol–water partition coefficient (Wildman–Crippen LogP) is 2.61. The van der Waals surface area contributed by atoms with Crippen LogP contribution in [0.1, 0.15) is 5.56 Å². The van der Waals surface area contributed by atoms with E-state index in [4.69, 9.17) is 4.74 Å². The molecule has 0 aliphatic carbocycles. The molecule has 2 aliphatic rings. The number of hydrogen-bond donors (Lipinski definition) is 1. The number of nitrogens with zero attached hydrogens (tertiary/aromatic N) is 6. The molecule has 10 nitrogen and oxygen atoms in total. The topological polar surface area (TPSA) is 105 Å². The fourth-order valence-electron chi connectivity index (χ4n) is 4.92. The predicted molar refractivity (Wildman–Crippen MR) is 141 cm³/mol. The Morgan fingerprint density at radius 2 is 1.76 bits per heavy atom. The van der Waals surface area contributed by atoms with Gasteiger partial charge in [-0.2, -0.15) is 14.3 Å². The van der Waals surface area contributed by atoms with Gasteiger partial charge in [-0.15, -0.1) is 5.01 Å². The van der Waals surface area contributed by atoms with Gasteiger partial charge in [-0.1, -0.05) is 6.07 Å². The Morgan fingerprint density at radius 1 is 1.00 bits per heavy atom. The van der Waals surface area contributed by atoms with E-state index >= 15 is 4.39 Å². The standard InChI is InChI=1S/C26H24FN7O3S/c1-17-12-18(37-26-28-6-3-7-29-26)4-5-19(17)20-13-21-23(14-22(20)27)30-15-24-25(21)34(16-31-24)32-8-10-33(11-9-32)38(2,35)36/h3-7,12-16H,8-11H2,1-2H3/p+1. The van der Waals surface area contributed by atoms with E-state index in [0.717, 1.165) is 27.2 Å². The molecule has 0 radical (unpaired) electrons. The summed E-state index contributed by atoms with van der Waals surface area (Å²) in [5.74, 6) is 0.175. The molecule has 194 valence electrons. The number of aromatic nitrogens is 3. The van der Waals surface area contributed by atoms with E-state index < -0.39 is 10.0 Å². The molecular weight excluding hydrogens is 509 g/mol. The number of pyridine rings is 1. The van der Waals surface area contributed by atoms with Crippen LogP contribution < -0.4 is 9.75 Å². The SMILES string of the molecule is Cc1cc(Oc2ncccn2)ccc1-c1cc2c3c(cnc2cc1F)N=C[NH+]3N1CCN(S(C)(=O)=O)CC1. The van der Waals surface area contributed by atoms with Crippen molar-refractivity contribution in [3.05, 3.63) is 66.4 Å².